The van der Waals surface area contributed by atoms with Crippen molar-refractivity contribution in [2.24, 2.45) is 0 Å². The van der Waals surface area contributed by atoms with Gasteiger partial charge < -0.3 is 19.6 Å². The molecule has 1 atom stereocenters. The van der Waals surface area contributed by atoms with Crippen molar-refractivity contribution in [3.05, 3.63) is 53.7 Å². The number of benzene rings is 1. The molecular formula is C19H21N5O2. The standard InChI is InChI=1S/C19H21N5O2/c1-3-24-11-20-10-16(24)18-22-15-8-13(9-21-19(25)17(15)23-18)12-5-4-6-14(7-12)26-2/h4-7,10-11,13H,3,8-9H2,1-2H3,(H,21,25)(H,22,23)/t13-/m1/s1. The number of nitrogens with one attached hydrogen (secondary N) is 2. The Bertz CT molecular complexity index is 943. The molecule has 0 bridgehead atoms. The predicted molar refractivity (Wildman–Crippen MR) is 97.3 cm³/mol. The minimum Gasteiger partial charge on any atom is -0.497 e. The number of aromatic nitrogens is 4. The van der Waals surface area contributed by atoms with E-state index in [0.717, 1.165) is 29.2 Å². The summed E-state index contributed by atoms with van der Waals surface area (Å²) in [6, 6.07) is 7.98. The van der Waals surface area contributed by atoms with Gasteiger partial charge in [0.2, 0.25) is 0 Å². The Hall–Kier alpha value is -3.09. The van der Waals surface area contributed by atoms with Crippen LogP contribution in [0.4, 0.5) is 0 Å². The molecule has 1 aromatic carbocycles. The molecule has 7 nitrogen and oxygen atoms in total. The Morgan fingerprint density at radius 1 is 1.38 bits per heavy atom. The third-order valence-corrected chi connectivity index (χ3v) is 4.81. The molecule has 0 saturated carbocycles. The SMILES string of the molecule is CCn1cncc1-c1nc2c([nH]1)C[C@@H](c1cccc(OC)c1)CNC2=O. The maximum Gasteiger partial charge on any atom is 0.271 e. The van der Waals surface area contributed by atoms with Crippen molar-refractivity contribution in [2.75, 3.05) is 13.7 Å². The van der Waals surface area contributed by atoms with Crippen LogP contribution in [0.2, 0.25) is 0 Å². The number of amides is 1. The molecule has 7 heteroatoms. The number of ether oxygens (including phenoxy) is 1. The van der Waals surface area contributed by atoms with Crippen LogP contribution in [-0.2, 0) is 13.0 Å². The summed E-state index contributed by atoms with van der Waals surface area (Å²) in [5.41, 5.74) is 3.33. The molecule has 1 aliphatic heterocycles. The maximum absolute atomic E-state index is 12.5. The Labute approximate surface area is 151 Å². The van der Waals surface area contributed by atoms with Crippen molar-refractivity contribution >= 4 is 5.91 Å². The topological polar surface area (TPSA) is 84.8 Å². The molecule has 0 aliphatic carbocycles. The lowest BCUT2D eigenvalue weighted by atomic mass is 9.94. The summed E-state index contributed by atoms with van der Waals surface area (Å²) in [6.45, 7) is 3.41. The highest BCUT2D eigenvalue weighted by Crippen LogP contribution is 2.28. The second-order valence-electron chi connectivity index (χ2n) is 6.37. The van der Waals surface area contributed by atoms with Crippen molar-refractivity contribution in [1.82, 2.24) is 24.8 Å². The van der Waals surface area contributed by atoms with Gasteiger partial charge in [0.1, 0.15) is 17.1 Å². The Morgan fingerprint density at radius 2 is 2.27 bits per heavy atom. The number of hydrogen-bond donors (Lipinski definition) is 2. The lowest BCUT2D eigenvalue weighted by molar-refractivity contribution is 0.0950. The van der Waals surface area contributed by atoms with Gasteiger partial charge in [0.25, 0.3) is 5.91 Å². The van der Waals surface area contributed by atoms with E-state index < -0.39 is 0 Å². The van der Waals surface area contributed by atoms with E-state index in [1.165, 1.54) is 0 Å². The Morgan fingerprint density at radius 3 is 3.08 bits per heavy atom. The number of rotatable bonds is 4. The largest absolute Gasteiger partial charge is 0.497 e. The summed E-state index contributed by atoms with van der Waals surface area (Å²) in [7, 11) is 1.66. The molecule has 2 aromatic heterocycles. The van der Waals surface area contributed by atoms with Crippen molar-refractivity contribution < 1.29 is 9.53 Å². The minimum atomic E-state index is -0.143. The van der Waals surface area contributed by atoms with Crippen LogP contribution in [0.3, 0.4) is 0 Å². The smallest absolute Gasteiger partial charge is 0.271 e. The first kappa shape index (κ1) is 16.4. The zero-order chi connectivity index (χ0) is 18.1. The van der Waals surface area contributed by atoms with Gasteiger partial charge in [-0.15, -0.1) is 0 Å². The number of carbonyl (C=O) groups excluding carboxylic acids is 1. The maximum atomic E-state index is 12.5. The molecule has 0 saturated heterocycles. The number of fused-ring (bicyclic) bond motifs is 1. The summed E-state index contributed by atoms with van der Waals surface area (Å²) < 4.78 is 7.32. The lowest BCUT2D eigenvalue weighted by Crippen LogP contribution is -2.26. The molecular weight excluding hydrogens is 330 g/mol. The van der Waals surface area contributed by atoms with Gasteiger partial charge in [0.05, 0.1) is 19.6 Å². The van der Waals surface area contributed by atoms with Crippen molar-refractivity contribution in [1.29, 1.82) is 0 Å². The summed E-state index contributed by atoms with van der Waals surface area (Å²) >= 11 is 0. The molecule has 3 aromatic rings. The third-order valence-electron chi connectivity index (χ3n) is 4.81. The number of H-pyrrole nitrogens is 1. The van der Waals surface area contributed by atoms with Crippen LogP contribution in [0.15, 0.2) is 36.8 Å². The first-order chi connectivity index (χ1) is 12.7. The van der Waals surface area contributed by atoms with E-state index in [4.69, 9.17) is 4.74 Å². The fourth-order valence-corrected chi connectivity index (χ4v) is 3.39. The van der Waals surface area contributed by atoms with Crippen LogP contribution in [0.25, 0.3) is 11.5 Å². The highest BCUT2D eigenvalue weighted by Gasteiger charge is 2.27. The van der Waals surface area contributed by atoms with E-state index in [2.05, 4.69) is 26.3 Å². The van der Waals surface area contributed by atoms with E-state index in [1.54, 1.807) is 19.6 Å². The number of imidazole rings is 2. The first-order valence-corrected chi connectivity index (χ1v) is 8.71. The van der Waals surface area contributed by atoms with E-state index in [1.807, 2.05) is 29.7 Å². The van der Waals surface area contributed by atoms with E-state index in [0.29, 0.717) is 24.5 Å². The van der Waals surface area contributed by atoms with E-state index in [-0.39, 0.29) is 11.8 Å². The highest BCUT2D eigenvalue weighted by molar-refractivity contribution is 5.94. The molecule has 0 fully saturated rings. The van der Waals surface area contributed by atoms with Gasteiger partial charge in [0, 0.05) is 24.7 Å². The van der Waals surface area contributed by atoms with E-state index >= 15 is 0 Å². The van der Waals surface area contributed by atoms with Crippen LogP contribution in [-0.4, -0.2) is 39.1 Å². The summed E-state index contributed by atoms with van der Waals surface area (Å²) in [6.07, 6.45) is 4.23. The molecule has 134 valence electrons. The minimum absolute atomic E-state index is 0.143. The second-order valence-corrected chi connectivity index (χ2v) is 6.37. The molecule has 0 spiro atoms. The zero-order valence-corrected chi connectivity index (χ0v) is 14.8. The second kappa shape index (κ2) is 6.67. The van der Waals surface area contributed by atoms with Gasteiger partial charge in [0.15, 0.2) is 5.82 Å². The Balaban J connectivity index is 1.69. The molecule has 0 unspecified atom stereocenters. The van der Waals surface area contributed by atoms with E-state index in [9.17, 15) is 4.79 Å². The molecule has 1 aliphatic rings. The number of carbonyl (C=O) groups is 1. The molecule has 4 rings (SSSR count). The molecule has 26 heavy (non-hydrogen) atoms. The normalized spacial score (nSPS) is 16.7. The average Bonchev–Trinajstić information content (AvgIpc) is 3.28. The van der Waals surface area contributed by atoms with Crippen LogP contribution in [0, 0.1) is 0 Å². The first-order valence-electron chi connectivity index (χ1n) is 8.71. The number of methoxy groups -OCH3 is 1. The molecule has 2 N–H and O–H groups in total. The molecule has 1 amide bonds. The van der Waals surface area contributed by atoms with Crippen LogP contribution >= 0.6 is 0 Å². The third kappa shape index (κ3) is 2.85. The number of nitrogens with zero attached hydrogens (tertiary/aromatic N) is 3. The van der Waals surface area contributed by atoms with Gasteiger partial charge >= 0.3 is 0 Å². The number of hydrogen-bond acceptors (Lipinski definition) is 4. The fourth-order valence-electron chi connectivity index (χ4n) is 3.39. The molecule has 0 radical (unpaired) electrons. The average molecular weight is 351 g/mol. The quantitative estimate of drug-likeness (QED) is 0.756. The van der Waals surface area contributed by atoms with Gasteiger partial charge in [-0.3, -0.25) is 4.79 Å². The Kier molecular flexibility index (Phi) is 4.20. The lowest BCUT2D eigenvalue weighted by Gasteiger charge is -2.15. The van der Waals surface area contributed by atoms with Gasteiger partial charge in [-0.05, 0) is 31.0 Å². The number of aromatic amines is 1. The van der Waals surface area contributed by atoms with Gasteiger partial charge in [-0.1, -0.05) is 12.1 Å². The van der Waals surface area contributed by atoms with Gasteiger partial charge in [-0.25, -0.2) is 9.97 Å². The van der Waals surface area contributed by atoms with Crippen molar-refractivity contribution in [2.45, 2.75) is 25.8 Å². The van der Waals surface area contributed by atoms with Crippen LogP contribution < -0.4 is 10.1 Å². The monoisotopic (exact) mass is 351 g/mol. The summed E-state index contributed by atoms with van der Waals surface area (Å²) in [5, 5.41) is 2.99. The molecule has 3 heterocycles. The van der Waals surface area contributed by atoms with Crippen LogP contribution in [0.5, 0.6) is 5.75 Å². The predicted octanol–water partition coefficient (Wildman–Crippen LogP) is 2.37. The van der Waals surface area contributed by atoms with Crippen LogP contribution in [0.1, 0.15) is 34.6 Å². The fraction of sp³-hybridized carbons (Fsp3) is 0.316. The number of aryl methyl sites for hydroxylation is 1. The summed E-state index contributed by atoms with van der Waals surface area (Å²) in [4.78, 5) is 24.6. The van der Waals surface area contributed by atoms with Crippen molar-refractivity contribution in [3.63, 3.8) is 0 Å². The highest BCUT2D eigenvalue weighted by atomic mass is 16.5. The van der Waals surface area contributed by atoms with Crippen molar-refractivity contribution in [3.8, 4) is 17.3 Å². The zero-order valence-electron chi connectivity index (χ0n) is 14.8. The van der Waals surface area contributed by atoms with Gasteiger partial charge in [-0.2, -0.15) is 0 Å². The summed E-state index contributed by atoms with van der Waals surface area (Å²) in [5.74, 6) is 1.50.